The summed E-state index contributed by atoms with van der Waals surface area (Å²) in [5, 5.41) is 5.15. The molecular formula is C15H19ClFN3O3. The molecule has 6 nitrogen and oxygen atoms in total. The molecule has 1 aliphatic heterocycles. The van der Waals surface area contributed by atoms with E-state index in [9.17, 15) is 14.0 Å². The fourth-order valence-corrected chi connectivity index (χ4v) is 2.54. The molecule has 0 atom stereocenters. The number of halogens is 2. The van der Waals surface area contributed by atoms with Gasteiger partial charge in [0.25, 0.3) is 0 Å². The maximum absolute atomic E-state index is 13.7. The van der Waals surface area contributed by atoms with Crippen molar-refractivity contribution in [3.05, 3.63) is 29.0 Å². The molecule has 0 aromatic heterocycles. The van der Waals surface area contributed by atoms with Crippen LogP contribution < -0.4 is 10.6 Å². The van der Waals surface area contributed by atoms with Gasteiger partial charge in [0.2, 0.25) is 0 Å². The number of nitrogens with one attached hydrogen (secondary N) is 2. The van der Waals surface area contributed by atoms with Gasteiger partial charge >= 0.3 is 12.1 Å². The van der Waals surface area contributed by atoms with Crippen molar-refractivity contribution in [2.24, 2.45) is 0 Å². The lowest BCUT2D eigenvalue weighted by molar-refractivity contribution is 0.0959. The maximum Gasteiger partial charge on any atom is 0.409 e. The Balaban J connectivity index is 1.81. The average molecular weight is 344 g/mol. The second kappa shape index (κ2) is 8.01. The van der Waals surface area contributed by atoms with Crippen molar-refractivity contribution >= 4 is 29.4 Å². The van der Waals surface area contributed by atoms with Crippen LogP contribution in [0, 0.1) is 5.82 Å². The zero-order chi connectivity index (χ0) is 16.8. The van der Waals surface area contributed by atoms with Crippen molar-refractivity contribution in [3.63, 3.8) is 0 Å². The number of rotatable bonds is 3. The highest BCUT2D eigenvalue weighted by Gasteiger charge is 2.24. The van der Waals surface area contributed by atoms with E-state index in [2.05, 4.69) is 10.6 Å². The van der Waals surface area contributed by atoms with Crippen LogP contribution in [0.4, 0.5) is 19.7 Å². The first-order valence-corrected chi connectivity index (χ1v) is 7.82. The molecule has 1 heterocycles. The van der Waals surface area contributed by atoms with Crippen LogP contribution in [0.15, 0.2) is 18.2 Å². The highest BCUT2D eigenvalue weighted by molar-refractivity contribution is 6.31. The first kappa shape index (κ1) is 17.3. The smallest absolute Gasteiger partial charge is 0.409 e. The summed E-state index contributed by atoms with van der Waals surface area (Å²) >= 11 is 5.66. The number of nitrogens with zero attached hydrogens (tertiary/aromatic N) is 1. The SMILES string of the molecule is CCOC(=O)N1CCC(NC(=O)Nc2cccc(Cl)c2F)CC1. The molecule has 126 valence electrons. The van der Waals surface area contributed by atoms with E-state index in [0.717, 1.165) is 0 Å². The van der Waals surface area contributed by atoms with Crippen molar-refractivity contribution < 1.29 is 18.7 Å². The summed E-state index contributed by atoms with van der Waals surface area (Å²) in [6.07, 6.45) is 0.894. The van der Waals surface area contributed by atoms with Crippen LogP contribution in [0.2, 0.25) is 5.02 Å². The number of carbonyl (C=O) groups is 2. The minimum Gasteiger partial charge on any atom is -0.450 e. The summed E-state index contributed by atoms with van der Waals surface area (Å²) in [6, 6.07) is 3.82. The predicted molar refractivity (Wildman–Crippen MR) is 85.2 cm³/mol. The fourth-order valence-electron chi connectivity index (χ4n) is 2.37. The molecular weight excluding hydrogens is 325 g/mol. The Morgan fingerprint density at radius 1 is 1.39 bits per heavy atom. The molecule has 1 fully saturated rings. The highest BCUT2D eigenvalue weighted by Crippen LogP contribution is 2.22. The van der Waals surface area contributed by atoms with E-state index in [1.165, 1.54) is 12.1 Å². The second-order valence-electron chi connectivity index (χ2n) is 5.16. The number of piperidine rings is 1. The number of urea groups is 1. The van der Waals surface area contributed by atoms with Crippen LogP contribution in [0.25, 0.3) is 0 Å². The van der Waals surface area contributed by atoms with Gasteiger partial charge in [0.1, 0.15) is 0 Å². The number of benzene rings is 1. The number of amides is 3. The molecule has 2 rings (SSSR count). The Bertz CT molecular complexity index is 577. The number of hydrogen-bond donors (Lipinski definition) is 2. The summed E-state index contributed by atoms with van der Waals surface area (Å²) in [4.78, 5) is 25.1. The van der Waals surface area contributed by atoms with Crippen LogP contribution >= 0.6 is 11.6 Å². The van der Waals surface area contributed by atoms with Crippen molar-refractivity contribution in [2.45, 2.75) is 25.8 Å². The summed E-state index contributed by atoms with van der Waals surface area (Å²) < 4.78 is 18.7. The molecule has 0 aliphatic carbocycles. The Morgan fingerprint density at radius 3 is 2.74 bits per heavy atom. The van der Waals surface area contributed by atoms with Gasteiger partial charge in [-0.15, -0.1) is 0 Å². The van der Waals surface area contributed by atoms with Crippen molar-refractivity contribution in [3.8, 4) is 0 Å². The predicted octanol–water partition coefficient (Wildman–Crippen LogP) is 3.22. The summed E-state index contributed by atoms with van der Waals surface area (Å²) in [6.45, 7) is 3.11. The Hall–Kier alpha value is -2.02. The van der Waals surface area contributed by atoms with Crippen LogP contribution in [0.5, 0.6) is 0 Å². The van der Waals surface area contributed by atoms with Gasteiger partial charge in [0, 0.05) is 19.1 Å². The summed E-state index contributed by atoms with van der Waals surface area (Å²) in [5.41, 5.74) is 0.0268. The van der Waals surface area contributed by atoms with Gasteiger partial charge in [-0.3, -0.25) is 0 Å². The monoisotopic (exact) mass is 343 g/mol. The highest BCUT2D eigenvalue weighted by atomic mass is 35.5. The molecule has 8 heteroatoms. The van der Waals surface area contributed by atoms with Crippen molar-refractivity contribution in [1.29, 1.82) is 0 Å². The van der Waals surface area contributed by atoms with E-state index >= 15 is 0 Å². The lowest BCUT2D eigenvalue weighted by Crippen LogP contribution is -2.47. The van der Waals surface area contributed by atoms with Gasteiger partial charge in [-0.1, -0.05) is 17.7 Å². The van der Waals surface area contributed by atoms with Crippen LogP contribution in [-0.2, 0) is 4.74 Å². The number of ether oxygens (including phenoxy) is 1. The van der Waals surface area contributed by atoms with Gasteiger partial charge in [-0.05, 0) is 31.9 Å². The standard InChI is InChI=1S/C15H19ClFN3O3/c1-2-23-15(22)20-8-6-10(7-9-20)18-14(21)19-12-5-3-4-11(16)13(12)17/h3-5,10H,2,6-9H2,1H3,(H2,18,19,21). The van der Waals surface area contributed by atoms with Gasteiger partial charge < -0.3 is 20.3 Å². The second-order valence-corrected chi connectivity index (χ2v) is 5.57. The van der Waals surface area contributed by atoms with E-state index in [4.69, 9.17) is 16.3 Å². The normalized spacial score (nSPS) is 15.2. The molecule has 0 saturated carbocycles. The van der Waals surface area contributed by atoms with Crippen LogP contribution in [0.3, 0.4) is 0 Å². The average Bonchev–Trinajstić information content (AvgIpc) is 2.53. The number of hydrogen-bond acceptors (Lipinski definition) is 3. The third-order valence-electron chi connectivity index (χ3n) is 3.56. The number of likely N-dealkylation sites (tertiary alicyclic amines) is 1. The first-order chi connectivity index (χ1) is 11.0. The molecule has 1 aliphatic rings. The zero-order valence-electron chi connectivity index (χ0n) is 12.8. The summed E-state index contributed by atoms with van der Waals surface area (Å²) in [7, 11) is 0. The van der Waals surface area contributed by atoms with E-state index in [0.29, 0.717) is 32.5 Å². The topological polar surface area (TPSA) is 70.7 Å². The zero-order valence-corrected chi connectivity index (χ0v) is 13.5. The molecule has 1 saturated heterocycles. The Morgan fingerprint density at radius 2 is 2.09 bits per heavy atom. The van der Waals surface area contributed by atoms with E-state index in [1.54, 1.807) is 17.9 Å². The minimum absolute atomic E-state index is 0.0268. The Labute approximate surface area is 138 Å². The minimum atomic E-state index is -0.665. The lowest BCUT2D eigenvalue weighted by Gasteiger charge is -2.31. The molecule has 0 radical (unpaired) electrons. The molecule has 0 bridgehead atoms. The Kier molecular flexibility index (Phi) is 6.04. The molecule has 0 unspecified atom stereocenters. The molecule has 0 spiro atoms. The number of carbonyl (C=O) groups excluding carboxylic acids is 2. The third kappa shape index (κ3) is 4.72. The van der Waals surface area contributed by atoms with Crippen LogP contribution in [0.1, 0.15) is 19.8 Å². The van der Waals surface area contributed by atoms with Gasteiger partial charge in [-0.25, -0.2) is 14.0 Å². The molecule has 3 amide bonds. The molecule has 1 aromatic rings. The van der Waals surface area contributed by atoms with E-state index in [1.807, 2.05) is 0 Å². The third-order valence-corrected chi connectivity index (χ3v) is 3.85. The fraction of sp³-hybridized carbons (Fsp3) is 0.467. The van der Waals surface area contributed by atoms with Crippen molar-refractivity contribution in [2.75, 3.05) is 25.0 Å². The molecule has 1 aromatic carbocycles. The quantitative estimate of drug-likeness (QED) is 0.885. The lowest BCUT2D eigenvalue weighted by atomic mass is 10.1. The maximum atomic E-state index is 13.7. The largest absolute Gasteiger partial charge is 0.450 e. The summed E-state index contributed by atoms with van der Waals surface area (Å²) in [5.74, 6) is -0.665. The van der Waals surface area contributed by atoms with Crippen LogP contribution in [-0.4, -0.2) is 42.8 Å². The van der Waals surface area contributed by atoms with Gasteiger partial charge in [0.15, 0.2) is 5.82 Å². The first-order valence-electron chi connectivity index (χ1n) is 7.44. The van der Waals surface area contributed by atoms with Gasteiger partial charge in [0.05, 0.1) is 17.3 Å². The van der Waals surface area contributed by atoms with Gasteiger partial charge in [-0.2, -0.15) is 0 Å². The molecule has 2 N–H and O–H groups in total. The number of anilines is 1. The van der Waals surface area contributed by atoms with E-state index < -0.39 is 11.8 Å². The molecule has 23 heavy (non-hydrogen) atoms. The van der Waals surface area contributed by atoms with Crippen molar-refractivity contribution in [1.82, 2.24) is 10.2 Å². The van der Waals surface area contributed by atoms with E-state index in [-0.39, 0.29) is 22.8 Å².